The summed E-state index contributed by atoms with van der Waals surface area (Å²) in [6.45, 7) is 4.30. The van der Waals surface area contributed by atoms with Crippen molar-refractivity contribution in [3.8, 4) is 11.1 Å². The molecule has 0 bridgehead atoms. The van der Waals surface area contributed by atoms with Gasteiger partial charge in [-0.05, 0) is 40.7 Å². The van der Waals surface area contributed by atoms with Gasteiger partial charge in [-0.3, -0.25) is 4.79 Å². The van der Waals surface area contributed by atoms with Gasteiger partial charge in [0, 0.05) is 33.7 Å². The summed E-state index contributed by atoms with van der Waals surface area (Å²) in [4.78, 5) is 27.3. The van der Waals surface area contributed by atoms with Crippen molar-refractivity contribution in [2.75, 3.05) is 6.61 Å². The molecule has 5 aromatic carbocycles. The minimum Gasteiger partial charge on any atom is -0.449 e. The normalized spacial score (nSPS) is 13.0. The molecule has 1 amide bonds. The van der Waals surface area contributed by atoms with Crippen molar-refractivity contribution in [3.63, 3.8) is 0 Å². The summed E-state index contributed by atoms with van der Waals surface area (Å²) in [6.07, 6.45) is -0.0441. The van der Waals surface area contributed by atoms with E-state index in [4.69, 9.17) is 21.1 Å². The third-order valence-corrected chi connectivity index (χ3v) is 9.04. The summed E-state index contributed by atoms with van der Waals surface area (Å²) in [5, 5.41) is 3.46. The van der Waals surface area contributed by atoms with Crippen molar-refractivity contribution in [2.45, 2.75) is 44.2 Å². The van der Waals surface area contributed by atoms with Crippen LogP contribution in [0.2, 0.25) is 5.02 Å². The summed E-state index contributed by atoms with van der Waals surface area (Å²) in [6, 6.07) is 42.6. The van der Waals surface area contributed by atoms with Crippen molar-refractivity contribution >= 4 is 23.7 Å². The average Bonchev–Trinajstić information content (AvgIpc) is 3.40. The van der Waals surface area contributed by atoms with Crippen LogP contribution in [-0.2, 0) is 19.9 Å². The lowest BCUT2D eigenvalue weighted by Gasteiger charge is -2.36. The van der Waals surface area contributed by atoms with Gasteiger partial charge < -0.3 is 14.8 Å². The molecule has 5 aromatic rings. The van der Waals surface area contributed by atoms with Gasteiger partial charge in [0.1, 0.15) is 6.61 Å². The highest BCUT2D eigenvalue weighted by molar-refractivity contribution is 6.31. The summed E-state index contributed by atoms with van der Waals surface area (Å²) in [7, 11) is 0. The molecule has 1 N–H and O–H groups in total. The first-order valence-corrected chi connectivity index (χ1v) is 16.4. The Kier molecular flexibility index (Phi) is 9.74. The number of carbonyl (C=O) groups excluding carboxylic acids is 2. The van der Waals surface area contributed by atoms with Crippen LogP contribution in [-0.4, -0.2) is 24.7 Å². The van der Waals surface area contributed by atoms with E-state index in [0.717, 1.165) is 33.4 Å². The number of benzene rings is 5. The number of fused-ring (bicyclic) bond motifs is 3. The molecule has 0 aliphatic heterocycles. The van der Waals surface area contributed by atoms with Crippen molar-refractivity contribution in [1.82, 2.24) is 5.32 Å². The quantitative estimate of drug-likeness (QED) is 0.115. The Balaban J connectivity index is 1.23. The highest BCUT2D eigenvalue weighted by Gasteiger charge is 2.42. The Morgan fingerprint density at radius 1 is 0.723 bits per heavy atom. The molecule has 0 aromatic heterocycles. The number of hydrogen-bond acceptors (Lipinski definition) is 4. The molecule has 0 heterocycles. The van der Waals surface area contributed by atoms with Crippen molar-refractivity contribution < 1.29 is 19.1 Å². The maximum Gasteiger partial charge on any atom is 0.407 e. The molecular weight excluding hydrogens is 606 g/mol. The first-order chi connectivity index (χ1) is 22.9. The third-order valence-electron chi connectivity index (χ3n) is 8.72. The van der Waals surface area contributed by atoms with Crippen LogP contribution < -0.4 is 5.32 Å². The molecule has 238 valence electrons. The smallest absolute Gasteiger partial charge is 0.407 e. The second-order valence-electron chi connectivity index (χ2n) is 12.4. The Morgan fingerprint density at radius 2 is 1.23 bits per heavy atom. The van der Waals surface area contributed by atoms with E-state index in [-0.39, 0.29) is 24.9 Å². The summed E-state index contributed by atoms with van der Waals surface area (Å²) in [5.74, 6) is -0.324. The van der Waals surface area contributed by atoms with Crippen LogP contribution in [0.4, 0.5) is 4.79 Å². The Hall–Kier alpha value is -4.87. The van der Waals surface area contributed by atoms with E-state index in [1.54, 1.807) is 6.07 Å². The predicted octanol–water partition coefficient (Wildman–Crippen LogP) is 9.52. The number of halogens is 1. The van der Waals surface area contributed by atoms with E-state index in [2.05, 4.69) is 43.4 Å². The fourth-order valence-corrected chi connectivity index (χ4v) is 6.99. The number of ether oxygens (including phenoxy) is 2. The average molecular weight is 644 g/mol. The minimum atomic E-state index is -1.32. The molecular formula is C41H38ClNO4. The largest absolute Gasteiger partial charge is 0.449 e. The van der Waals surface area contributed by atoms with Crippen LogP contribution in [0.3, 0.4) is 0 Å². The van der Waals surface area contributed by atoms with E-state index in [1.807, 2.05) is 103 Å². The number of alkyl carbamates (subject to hydrolysis) is 1. The van der Waals surface area contributed by atoms with Crippen molar-refractivity contribution in [1.29, 1.82) is 0 Å². The van der Waals surface area contributed by atoms with E-state index >= 15 is 0 Å². The number of esters is 1. The van der Waals surface area contributed by atoms with Gasteiger partial charge in [0.15, 0.2) is 5.60 Å². The fourth-order valence-electron chi connectivity index (χ4n) is 6.73. The molecule has 0 radical (unpaired) electrons. The summed E-state index contributed by atoms with van der Waals surface area (Å²) >= 11 is 6.82. The molecule has 0 unspecified atom stereocenters. The molecule has 0 fully saturated rings. The summed E-state index contributed by atoms with van der Waals surface area (Å²) in [5.41, 5.74) is 5.47. The van der Waals surface area contributed by atoms with Crippen LogP contribution in [0.25, 0.3) is 11.1 Å². The van der Waals surface area contributed by atoms with Gasteiger partial charge >= 0.3 is 12.1 Å². The van der Waals surface area contributed by atoms with Gasteiger partial charge in [0.2, 0.25) is 0 Å². The minimum absolute atomic E-state index is 0.0474. The van der Waals surface area contributed by atoms with Gasteiger partial charge in [0.25, 0.3) is 0 Å². The lowest BCUT2D eigenvalue weighted by Crippen LogP contribution is -2.41. The number of carbonyl (C=O) groups is 2. The SMILES string of the molecule is CC(C)C[C@H](CC(=O)OC(c1ccccc1)(c1ccccc1)c1ccccc1Cl)NC(=O)OCC1c2ccccc2-c2ccccc21. The second-order valence-corrected chi connectivity index (χ2v) is 12.8. The van der Waals surface area contributed by atoms with Gasteiger partial charge in [-0.1, -0.05) is 153 Å². The molecule has 47 heavy (non-hydrogen) atoms. The molecule has 1 aliphatic carbocycles. The van der Waals surface area contributed by atoms with E-state index in [1.165, 1.54) is 0 Å². The van der Waals surface area contributed by atoms with Gasteiger partial charge in [-0.25, -0.2) is 4.79 Å². The van der Waals surface area contributed by atoms with Crippen molar-refractivity contribution in [2.24, 2.45) is 5.92 Å². The van der Waals surface area contributed by atoms with Crippen LogP contribution in [0.15, 0.2) is 133 Å². The number of nitrogens with one attached hydrogen (secondary N) is 1. The van der Waals surface area contributed by atoms with E-state index < -0.39 is 23.7 Å². The standard InChI is InChI=1S/C41H38ClNO4/c1-28(2)25-31(43-40(45)46-27-36-34-21-11-9-19-32(34)33-20-10-12-22-35(33)36)26-39(44)47-41(29-15-5-3-6-16-29,30-17-7-4-8-18-30)37-23-13-14-24-38(37)42/h3-24,28,31,36H,25-27H2,1-2H3,(H,43,45)/t31-/m1/s1. The van der Waals surface area contributed by atoms with Gasteiger partial charge in [0.05, 0.1) is 6.42 Å². The molecule has 6 heteroatoms. The molecule has 6 rings (SSSR count). The van der Waals surface area contributed by atoms with Crippen LogP contribution in [0.1, 0.15) is 60.4 Å². The molecule has 5 nitrogen and oxygen atoms in total. The lowest BCUT2D eigenvalue weighted by molar-refractivity contribution is -0.154. The molecule has 0 saturated heterocycles. The zero-order valence-electron chi connectivity index (χ0n) is 26.6. The molecule has 1 aliphatic rings. The predicted molar refractivity (Wildman–Crippen MR) is 186 cm³/mol. The maximum atomic E-state index is 14.0. The lowest BCUT2D eigenvalue weighted by atomic mass is 9.80. The zero-order chi connectivity index (χ0) is 32.8. The first-order valence-electron chi connectivity index (χ1n) is 16.1. The fraction of sp³-hybridized carbons (Fsp3) is 0.220. The second kappa shape index (κ2) is 14.3. The van der Waals surface area contributed by atoms with Crippen LogP contribution >= 0.6 is 11.6 Å². The Bertz CT molecular complexity index is 1750. The number of hydrogen-bond donors (Lipinski definition) is 1. The first kappa shape index (κ1) is 32.1. The van der Waals surface area contributed by atoms with Crippen LogP contribution in [0.5, 0.6) is 0 Å². The number of amides is 1. The summed E-state index contributed by atoms with van der Waals surface area (Å²) < 4.78 is 12.4. The van der Waals surface area contributed by atoms with E-state index in [9.17, 15) is 9.59 Å². The highest BCUT2D eigenvalue weighted by atomic mass is 35.5. The Morgan fingerprint density at radius 3 is 1.79 bits per heavy atom. The molecule has 0 spiro atoms. The van der Waals surface area contributed by atoms with Crippen LogP contribution in [0, 0.1) is 5.92 Å². The monoisotopic (exact) mass is 643 g/mol. The maximum absolute atomic E-state index is 14.0. The molecule has 1 atom stereocenters. The van der Waals surface area contributed by atoms with Crippen molar-refractivity contribution in [3.05, 3.63) is 166 Å². The molecule has 0 saturated carbocycles. The highest BCUT2D eigenvalue weighted by Crippen LogP contribution is 2.45. The zero-order valence-corrected chi connectivity index (χ0v) is 27.3. The van der Waals surface area contributed by atoms with Gasteiger partial charge in [-0.2, -0.15) is 0 Å². The number of rotatable bonds is 11. The Labute approximate surface area is 281 Å². The third kappa shape index (κ3) is 6.81. The topological polar surface area (TPSA) is 64.6 Å². The van der Waals surface area contributed by atoms with Gasteiger partial charge in [-0.15, -0.1) is 0 Å². The van der Waals surface area contributed by atoms with E-state index in [0.29, 0.717) is 17.0 Å².